The first-order valence-corrected chi connectivity index (χ1v) is 11.6. The Morgan fingerprint density at radius 3 is 2.00 bits per heavy atom. The van der Waals surface area contributed by atoms with E-state index in [0.29, 0.717) is 12.8 Å². The van der Waals surface area contributed by atoms with E-state index in [9.17, 15) is 19.2 Å². The number of rotatable bonds is 13. The van der Waals surface area contributed by atoms with Gasteiger partial charge in [-0.05, 0) is 17.9 Å². The van der Waals surface area contributed by atoms with Crippen molar-refractivity contribution >= 4 is 48.9 Å². The van der Waals surface area contributed by atoms with Gasteiger partial charge in [0.05, 0.1) is 6.04 Å². The summed E-state index contributed by atoms with van der Waals surface area (Å²) in [6.45, 7) is 3.67. The van der Waals surface area contributed by atoms with Crippen molar-refractivity contribution in [3.8, 4) is 0 Å². The molecule has 0 saturated carbocycles. The van der Waals surface area contributed by atoms with Crippen molar-refractivity contribution in [2.24, 2.45) is 11.7 Å². The van der Waals surface area contributed by atoms with Crippen LogP contribution in [0.5, 0.6) is 0 Å². The molecular formula is C21H32N4O5S2. The van der Waals surface area contributed by atoms with Crippen LogP contribution >= 0.6 is 25.3 Å². The summed E-state index contributed by atoms with van der Waals surface area (Å²) >= 11 is 7.99. The number of aliphatic carboxylic acids is 1. The fraction of sp³-hybridized carbons (Fsp3) is 0.524. The Kier molecular flexibility index (Phi) is 12.2. The van der Waals surface area contributed by atoms with Crippen LogP contribution in [0.4, 0.5) is 0 Å². The molecule has 0 bridgehead atoms. The third-order valence-electron chi connectivity index (χ3n) is 5.04. The Morgan fingerprint density at radius 2 is 1.50 bits per heavy atom. The van der Waals surface area contributed by atoms with Gasteiger partial charge in [-0.3, -0.25) is 14.4 Å². The Labute approximate surface area is 199 Å². The summed E-state index contributed by atoms with van der Waals surface area (Å²) in [6.07, 6.45) is 0.897. The van der Waals surface area contributed by atoms with Crippen LogP contribution in [0, 0.1) is 5.92 Å². The highest BCUT2D eigenvalue weighted by atomic mass is 32.1. The normalized spacial score (nSPS) is 15.5. The number of carbonyl (C=O) groups is 4. The lowest BCUT2D eigenvalue weighted by atomic mass is 9.97. The molecule has 5 unspecified atom stereocenters. The molecule has 0 spiro atoms. The van der Waals surface area contributed by atoms with Crippen molar-refractivity contribution in [3.63, 3.8) is 0 Å². The maximum absolute atomic E-state index is 12.9. The van der Waals surface area contributed by atoms with E-state index in [-0.39, 0.29) is 17.4 Å². The summed E-state index contributed by atoms with van der Waals surface area (Å²) in [6, 6.07) is 5.20. The Hall–Kier alpha value is -2.24. The van der Waals surface area contributed by atoms with Gasteiger partial charge < -0.3 is 26.8 Å². The van der Waals surface area contributed by atoms with Gasteiger partial charge in [-0.25, -0.2) is 4.79 Å². The smallest absolute Gasteiger partial charge is 0.327 e. The predicted molar refractivity (Wildman–Crippen MR) is 129 cm³/mol. The van der Waals surface area contributed by atoms with Crippen molar-refractivity contribution in [1.29, 1.82) is 0 Å². The summed E-state index contributed by atoms with van der Waals surface area (Å²) in [5.41, 5.74) is 6.92. The first-order valence-electron chi connectivity index (χ1n) is 10.3. The van der Waals surface area contributed by atoms with Crippen LogP contribution in [-0.4, -0.2) is 64.5 Å². The zero-order valence-corrected chi connectivity index (χ0v) is 19.9. The predicted octanol–water partition coefficient (Wildman–Crippen LogP) is 0.00110. The fourth-order valence-electron chi connectivity index (χ4n) is 2.84. The van der Waals surface area contributed by atoms with Gasteiger partial charge in [0.1, 0.15) is 18.1 Å². The zero-order valence-electron chi connectivity index (χ0n) is 18.2. The van der Waals surface area contributed by atoms with Gasteiger partial charge >= 0.3 is 5.97 Å². The summed E-state index contributed by atoms with van der Waals surface area (Å²) in [7, 11) is 0. The Balaban J connectivity index is 2.84. The molecular weight excluding hydrogens is 452 g/mol. The van der Waals surface area contributed by atoms with E-state index < -0.39 is 47.9 Å². The molecule has 11 heteroatoms. The second-order valence-corrected chi connectivity index (χ2v) is 8.22. The molecule has 0 radical (unpaired) electrons. The van der Waals surface area contributed by atoms with Gasteiger partial charge in [-0.15, -0.1) is 0 Å². The standard InChI is InChI=1S/C21H32N4O5S2/c1-3-12(2)17(25-18(26)14(22)9-13-7-5-4-6-8-13)20(28)23-15(10-31)19(27)24-16(11-32)21(29)30/h4-8,12,14-17,31-32H,3,9-11,22H2,1-2H3,(H,23,28)(H,24,27)(H,25,26)(H,29,30). The fourth-order valence-corrected chi connectivity index (χ4v) is 3.34. The molecule has 6 N–H and O–H groups in total. The third-order valence-corrected chi connectivity index (χ3v) is 5.77. The molecule has 32 heavy (non-hydrogen) atoms. The minimum Gasteiger partial charge on any atom is -0.480 e. The number of nitrogens with one attached hydrogen (secondary N) is 3. The van der Waals surface area contributed by atoms with Crippen LogP contribution < -0.4 is 21.7 Å². The lowest BCUT2D eigenvalue weighted by molar-refractivity contribution is -0.141. The molecule has 9 nitrogen and oxygen atoms in total. The number of thiol groups is 2. The molecule has 0 aliphatic heterocycles. The third kappa shape index (κ3) is 8.71. The van der Waals surface area contributed by atoms with Gasteiger partial charge in [0.2, 0.25) is 17.7 Å². The van der Waals surface area contributed by atoms with Crippen LogP contribution in [0.2, 0.25) is 0 Å². The topological polar surface area (TPSA) is 151 Å². The lowest BCUT2D eigenvalue weighted by Gasteiger charge is -2.27. The number of hydrogen-bond donors (Lipinski definition) is 7. The maximum atomic E-state index is 12.9. The zero-order chi connectivity index (χ0) is 24.3. The Morgan fingerprint density at radius 1 is 0.938 bits per heavy atom. The van der Waals surface area contributed by atoms with Crippen molar-refractivity contribution in [2.75, 3.05) is 11.5 Å². The van der Waals surface area contributed by atoms with E-state index in [1.54, 1.807) is 6.92 Å². The summed E-state index contributed by atoms with van der Waals surface area (Å²) in [4.78, 5) is 49.1. The summed E-state index contributed by atoms with van der Waals surface area (Å²) < 4.78 is 0. The van der Waals surface area contributed by atoms with Crippen LogP contribution in [-0.2, 0) is 25.6 Å². The second-order valence-electron chi connectivity index (χ2n) is 7.49. The van der Waals surface area contributed by atoms with Crippen molar-refractivity contribution in [3.05, 3.63) is 35.9 Å². The number of amides is 3. The van der Waals surface area contributed by atoms with Crippen LogP contribution in [0.1, 0.15) is 25.8 Å². The van der Waals surface area contributed by atoms with Gasteiger partial charge in [-0.1, -0.05) is 50.6 Å². The molecule has 3 amide bonds. The number of nitrogens with two attached hydrogens (primary N) is 1. The minimum absolute atomic E-state index is 0.0643. The largest absolute Gasteiger partial charge is 0.480 e. The molecule has 1 rings (SSSR count). The van der Waals surface area contributed by atoms with Gasteiger partial charge in [0.25, 0.3) is 0 Å². The molecule has 1 aromatic rings. The first-order chi connectivity index (χ1) is 15.1. The van der Waals surface area contributed by atoms with Crippen molar-refractivity contribution < 1.29 is 24.3 Å². The monoisotopic (exact) mass is 484 g/mol. The van der Waals surface area contributed by atoms with Gasteiger partial charge in [0, 0.05) is 11.5 Å². The molecule has 0 saturated heterocycles. The van der Waals surface area contributed by atoms with Crippen LogP contribution in [0.25, 0.3) is 0 Å². The molecule has 178 valence electrons. The highest BCUT2D eigenvalue weighted by Gasteiger charge is 2.31. The average Bonchev–Trinajstić information content (AvgIpc) is 2.78. The number of carboxylic acids is 1. The first kappa shape index (κ1) is 27.8. The van der Waals surface area contributed by atoms with E-state index in [1.165, 1.54) is 0 Å². The highest BCUT2D eigenvalue weighted by Crippen LogP contribution is 2.10. The van der Waals surface area contributed by atoms with E-state index in [0.717, 1.165) is 5.56 Å². The van der Waals surface area contributed by atoms with Crippen molar-refractivity contribution in [2.45, 2.75) is 50.9 Å². The quantitative estimate of drug-likeness (QED) is 0.196. The second kappa shape index (κ2) is 14.0. The number of benzene rings is 1. The van der Waals surface area contributed by atoms with Crippen molar-refractivity contribution in [1.82, 2.24) is 16.0 Å². The Bertz CT molecular complexity index is 781. The highest BCUT2D eigenvalue weighted by molar-refractivity contribution is 7.80. The molecule has 0 fully saturated rings. The maximum Gasteiger partial charge on any atom is 0.327 e. The summed E-state index contributed by atoms with van der Waals surface area (Å²) in [5, 5.41) is 16.6. The van der Waals surface area contributed by atoms with E-state index in [4.69, 9.17) is 10.8 Å². The lowest BCUT2D eigenvalue weighted by Crippen LogP contribution is -2.59. The summed E-state index contributed by atoms with van der Waals surface area (Å²) in [5.74, 6) is -3.42. The van der Waals surface area contributed by atoms with E-state index in [2.05, 4.69) is 41.2 Å². The minimum atomic E-state index is -1.24. The molecule has 5 atom stereocenters. The number of hydrogen-bond acceptors (Lipinski definition) is 7. The molecule has 1 aromatic carbocycles. The van der Waals surface area contributed by atoms with Gasteiger partial charge in [0.15, 0.2) is 0 Å². The van der Waals surface area contributed by atoms with Crippen LogP contribution in [0.3, 0.4) is 0 Å². The van der Waals surface area contributed by atoms with Gasteiger partial charge in [-0.2, -0.15) is 25.3 Å². The molecule has 0 heterocycles. The number of carbonyl (C=O) groups excluding carboxylic acids is 3. The molecule has 0 aromatic heterocycles. The average molecular weight is 485 g/mol. The number of carboxylic acid groups (broad SMARTS) is 1. The van der Waals surface area contributed by atoms with Crippen LogP contribution in [0.15, 0.2) is 30.3 Å². The molecule has 0 aliphatic rings. The SMILES string of the molecule is CCC(C)C(NC(=O)C(N)Cc1ccccc1)C(=O)NC(CS)C(=O)NC(CS)C(=O)O. The van der Waals surface area contributed by atoms with E-state index >= 15 is 0 Å². The van der Waals surface area contributed by atoms with E-state index in [1.807, 2.05) is 37.3 Å². The molecule has 0 aliphatic carbocycles.